The van der Waals surface area contributed by atoms with Crippen LogP contribution in [0.1, 0.15) is 6.92 Å². The van der Waals surface area contributed by atoms with Crippen LogP contribution in [0, 0.1) is 0 Å². The van der Waals surface area contributed by atoms with Crippen molar-refractivity contribution in [3.05, 3.63) is 35.4 Å². The number of allylic oxidation sites excluding steroid dienone is 1. The molecule has 0 aromatic rings. The minimum absolute atomic E-state index is 0.583. The SMILES string of the molecule is C=C(O)/C(O)=C(O)\C(O)=C(/C)O. The van der Waals surface area contributed by atoms with Crippen molar-refractivity contribution < 1.29 is 25.5 Å². The number of aliphatic hydroxyl groups is 5. The van der Waals surface area contributed by atoms with E-state index < -0.39 is 28.8 Å². The van der Waals surface area contributed by atoms with Crippen LogP contribution in [0.3, 0.4) is 0 Å². The molecule has 0 rings (SSSR count). The highest BCUT2D eigenvalue weighted by atomic mass is 16.4. The van der Waals surface area contributed by atoms with E-state index in [1.54, 1.807) is 0 Å². The smallest absolute Gasteiger partial charge is 0.207 e. The van der Waals surface area contributed by atoms with Gasteiger partial charge in [0.2, 0.25) is 11.5 Å². The summed E-state index contributed by atoms with van der Waals surface area (Å²) in [5, 5.41) is 43.7. The molecule has 0 aliphatic rings. The van der Waals surface area contributed by atoms with E-state index in [1.165, 1.54) is 0 Å². The number of rotatable bonds is 2. The Hall–Kier alpha value is -1.78. The van der Waals surface area contributed by atoms with Gasteiger partial charge in [-0.1, -0.05) is 6.58 Å². The highest BCUT2D eigenvalue weighted by Crippen LogP contribution is 2.13. The Kier molecular flexibility index (Phi) is 3.04. The zero-order valence-electron chi connectivity index (χ0n) is 6.44. The fourth-order valence-electron chi connectivity index (χ4n) is 0.420. The molecule has 0 unspecified atom stereocenters. The lowest BCUT2D eigenvalue weighted by Gasteiger charge is -2.02. The summed E-state index contributed by atoms with van der Waals surface area (Å²) in [6.07, 6.45) is 0. The molecule has 0 heterocycles. The zero-order valence-corrected chi connectivity index (χ0v) is 6.44. The van der Waals surface area contributed by atoms with Crippen LogP contribution < -0.4 is 0 Å². The second-order valence-electron chi connectivity index (χ2n) is 2.08. The van der Waals surface area contributed by atoms with Crippen molar-refractivity contribution in [2.45, 2.75) is 6.92 Å². The van der Waals surface area contributed by atoms with Crippen molar-refractivity contribution >= 4 is 0 Å². The van der Waals surface area contributed by atoms with E-state index in [0.29, 0.717) is 0 Å². The monoisotopic (exact) mass is 174 g/mol. The average Bonchev–Trinajstić information content (AvgIpc) is 2.00. The molecule has 0 saturated heterocycles. The Morgan fingerprint density at radius 2 is 1.25 bits per heavy atom. The quantitative estimate of drug-likeness (QED) is 0.324. The van der Waals surface area contributed by atoms with E-state index in [9.17, 15) is 0 Å². The first kappa shape index (κ1) is 10.2. The summed E-state index contributed by atoms with van der Waals surface area (Å²) in [4.78, 5) is 0. The van der Waals surface area contributed by atoms with Gasteiger partial charge < -0.3 is 25.5 Å². The molecule has 5 nitrogen and oxygen atoms in total. The second kappa shape index (κ2) is 3.56. The van der Waals surface area contributed by atoms with Crippen molar-refractivity contribution in [1.29, 1.82) is 0 Å². The maximum atomic E-state index is 8.87. The molecule has 0 bridgehead atoms. The molecule has 5 heteroatoms. The molecule has 0 radical (unpaired) electrons. The summed E-state index contributed by atoms with van der Waals surface area (Å²) in [6.45, 7) is 3.99. The van der Waals surface area contributed by atoms with Crippen LogP contribution in [0.2, 0.25) is 0 Å². The van der Waals surface area contributed by atoms with Crippen molar-refractivity contribution in [1.82, 2.24) is 0 Å². The minimum atomic E-state index is -1.03. The molecule has 68 valence electrons. The topological polar surface area (TPSA) is 101 Å². The molecule has 0 aromatic carbocycles. The largest absolute Gasteiger partial charge is 0.509 e. The van der Waals surface area contributed by atoms with Gasteiger partial charge in [0.15, 0.2) is 11.5 Å². The molecule has 12 heavy (non-hydrogen) atoms. The predicted molar refractivity (Wildman–Crippen MR) is 42.0 cm³/mol. The maximum absolute atomic E-state index is 8.87. The third kappa shape index (κ3) is 2.12. The number of hydrogen-bond donors (Lipinski definition) is 5. The lowest BCUT2D eigenvalue weighted by molar-refractivity contribution is 0.246. The van der Waals surface area contributed by atoms with Gasteiger partial charge in [-0.15, -0.1) is 0 Å². The fraction of sp³-hybridized carbons (Fsp3) is 0.143. The normalized spacial score (nSPS) is 14.8. The van der Waals surface area contributed by atoms with Crippen LogP contribution in [0.25, 0.3) is 0 Å². The second-order valence-corrected chi connectivity index (χ2v) is 2.08. The minimum Gasteiger partial charge on any atom is -0.509 e. The standard InChI is InChI=1S/C7H10O5/c1-3(8)5(10)7(12)6(11)4(2)9/h8-12H,1H2,2H3/b6-4-,7-5-. The van der Waals surface area contributed by atoms with Crippen LogP contribution in [0.15, 0.2) is 35.4 Å². The molecule has 0 atom stereocenters. The highest BCUT2D eigenvalue weighted by molar-refractivity contribution is 5.29. The fourth-order valence-corrected chi connectivity index (χ4v) is 0.420. The molecule has 0 aromatic heterocycles. The zero-order chi connectivity index (χ0) is 9.89. The summed E-state index contributed by atoms with van der Waals surface area (Å²) < 4.78 is 0. The highest BCUT2D eigenvalue weighted by Gasteiger charge is 2.13. The summed E-state index contributed by atoms with van der Waals surface area (Å²) in [5.41, 5.74) is 0. The van der Waals surface area contributed by atoms with E-state index in [1.807, 2.05) is 0 Å². The summed E-state index contributed by atoms with van der Waals surface area (Å²) in [7, 11) is 0. The van der Waals surface area contributed by atoms with Crippen molar-refractivity contribution in [3.8, 4) is 0 Å². The van der Waals surface area contributed by atoms with Crippen LogP contribution in [0.4, 0.5) is 0 Å². The van der Waals surface area contributed by atoms with Gasteiger partial charge in [-0.3, -0.25) is 0 Å². The van der Waals surface area contributed by atoms with Crippen molar-refractivity contribution in [2.75, 3.05) is 0 Å². The summed E-state index contributed by atoms with van der Waals surface area (Å²) in [5.74, 6) is -4.31. The number of aliphatic hydroxyl groups excluding tert-OH is 5. The molecule has 0 saturated carbocycles. The first-order chi connectivity index (χ1) is 5.37. The van der Waals surface area contributed by atoms with Crippen LogP contribution >= 0.6 is 0 Å². The maximum Gasteiger partial charge on any atom is 0.207 e. The molecule has 0 amide bonds. The van der Waals surface area contributed by atoms with Gasteiger partial charge in [-0.25, -0.2) is 0 Å². The first-order valence-corrected chi connectivity index (χ1v) is 2.97. The van der Waals surface area contributed by atoms with Gasteiger partial charge in [-0.2, -0.15) is 0 Å². The summed E-state index contributed by atoms with van der Waals surface area (Å²) >= 11 is 0. The number of hydrogen-bond acceptors (Lipinski definition) is 5. The first-order valence-electron chi connectivity index (χ1n) is 2.97. The van der Waals surface area contributed by atoms with E-state index in [0.717, 1.165) is 6.92 Å². The van der Waals surface area contributed by atoms with Crippen molar-refractivity contribution in [3.63, 3.8) is 0 Å². The lowest BCUT2D eigenvalue weighted by atomic mass is 10.3. The van der Waals surface area contributed by atoms with Gasteiger partial charge in [0.25, 0.3) is 0 Å². The van der Waals surface area contributed by atoms with Gasteiger partial charge in [0.1, 0.15) is 5.76 Å². The van der Waals surface area contributed by atoms with Crippen LogP contribution in [-0.2, 0) is 0 Å². The van der Waals surface area contributed by atoms with E-state index in [-0.39, 0.29) is 0 Å². The third-order valence-electron chi connectivity index (χ3n) is 1.06. The van der Waals surface area contributed by atoms with Gasteiger partial charge in [0.05, 0.1) is 0 Å². The van der Waals surface area contributed by atoms with Gasteiger partial charge in [-0.05, 0) is 6.92 Å². The molecule has 0 aliphatic heterocycles. The van der Waals surface area contributed by atoms with Crippen molar-refractivity contribution in [2.24, 2.45) is 0 Å². The van der Waals surface area contributed by atoms with E-state index in [4.69, 9.17) is 25.5 Å². The predicted octanol–water partition coefficient (Wildman–Crippen LogP) is 1.73. The van der Waals surface area contributed by atoms with E-state index >= 15 is 0 Å². The van der Waals surface area contributed by atoms with E-state index in [2.05, 4.69) is 6.58 Å². The Morgan fingerprint density at radius 1 is 0.833 bits per heavy atom. The Bertz CT molecular complexity index is 257. The lowest BCUT2D eigenvalue weighted by Crippen LogP contribution is -1.98. The van der Waals surface area contributed by atoms with Gasteiger partial charge >= 0.3 is 0 Å². The molecule has 5 N–H and O–H groups in total. The Labute approximate surface area is 68.8 Å². The van der Waals surface area contributed by atoms with Crippen LogP contribution in [0.5, 0.6) is 0 Å². The molecule has 0 aliphatic carbocycles. The summed E-state index contributed by atoms with van der Waals surface area (Å²) in [6, 6.07) is 0. The van der Waals surface area contributed by atoms with Gasteiger partial charge in [0, 0.05) is 0 Å². The molecule has 0 spiro atoms. The molecule has 0 fully saturated rings. The Balaban J connectivity index is 5.06. The third-order valence-corrected chi connectivity index (χ3v) is 1.06. The van der Waals surface area contributed by atoms with Crippen LogP contribution in [-0.4, -0.2) is 25.5 Å². The Morgan fingerprint density at radius 3 is 1.50 bits per heavy atom. The molecular formula is C7H10O5. The molecular weight excluding hydrogens is 164 g/mol. The average molecular weight is 174 g/mol.